The number of methoxy groups -OCH3 is 1. The minimum Gasteiger partial charge on any atom is -0.466 e. The van der Waals surface area contributed by atoms with Gasteiger partial charge in [-0.1, -0.05) is 54.6 Å². The monoisotopic (exact) mass is 252 g/mol. The van der Waals surface area contributed by atoms with E-state index in [0.29, 0.717) is 0 Å². The summed E-state index contributed by atoms with van der Waals surface area (Å²) in [4.78, 5) is 11.0. The van der Waals surface area contributed by atoms with Gasteiger partial charge in [0.1, 0.15) is 0 Å². The van der Waals surface area contributed by atoms with Crippen LogP contribution in [0.3, 0.4) is 0 Å². The molecule has 0 fully saturated rings. The van der Waals surface area contributed by atoms with Gasteiger partial charge in [-0.05, 0) is 29.2 Å². The molecule has 0 aliphatic carbocycles. The summed E-state index contributed by atoms with van der Waals surface area (Å²) in [6.45, 7) is 0. The predicted molar refractivity (Wildman–Crippen MR) is 76.7 cm³/mol. The second kappa shape index (κ2) is 6.55. The lowest BCUT2D eigenvalue weighted by atomic mass is 10.0. The molecular weight excluding hydrogens is 236 g/mol. The first-order valence-corrected chi connectivity index (χ1v) is 6.17. The minimum atomic E-state index is -0.339. The van der Waals surface area contributed by atoms with Crippen LogP contribution in [0.15, 0.2) is 60.7 Å². The summed E-state index contributed by atoms with van der Waals surface area (Å²) in [7, 11) is 1.37. The average Bonchev–Trinajstić information content (AvgIpc) is 2.47. The average molecular weight is 252 g/mol. The molecule has 0 aromatic heterocycles. The van der Waals surface area contributed by atoms with Gasteiger partial charge in [0.15, 0.2) is 0 Å². The van der Waals surface area contributed by atoms with E-state index in [1.165, 1.54) is 24.3 Å². The number of benzene rings is 2. The third-order valence-electron chi connectivity index (χ3n) is 2.84. The van der Waals surface area contributed by atoms with Crippen LogP contribution in [-0.2, 0) is 16.0 Å². The SMILES string of the molecule is COC(=O)/C=C/c1ccc(Cc2ccccc2)cc1. The molecule has 0 saturated carbocycles. The first-order valence-electron chi connectivity index (χ1n) is 6.17. The van der Waals surface area contributed by atoms with Gasteiger partial charge in [0.2, 0.25) is 0 Å². The molecule has 2 heteroatoms. The zero-order valence-electron chi connectivity index (χ0n) is 10.9. The first-order chi connectivity index (χ1) is 9.28. The van der Waals surface area contributed by atoms with Crippen molar-refractivity contribution < 1.29 is 9.53 Å². The number of ether oxygens (including phenoxy) is 1. The van der Waals surface area contributed by atoms with Crippen molar-refractivity contribution in [3.63, 3.8) is 0 Å². The van der Waals surface area contributed by atoms with Crippen molar-refractivity contribution >= 4 is 12.0 Å². The molecule has 96 valence electrons. The Morgan fingerprint density at radius 1 is 1.00 bits per heavy atom. The van der Waals surface area contributed by atoms with Gasteiger partial charge in [-0.15, -0.1) is 0 Å². The van der Waals surface area contributed by atoms with Gasteiger partial charge in [-0.2, -0.15) is 0 Å². The fourth-order valence-corrected chi connectivity index (χ4v) is 1.81. The summed E-state index contributed by atoms with van der Waals surface area (Å²) in [5.74, 6) is -0.339. The molecule has 19 heavy (non-hydrogen) atoms. The summed E-state index contributed by atoms with van der Waals surface area (Å²) in [5.41, 5.74) is 3.53. The van der Waals surface area contributed by atoms with Crippen LogP contribution < -0.4 is 0 Å². The van der Waals surface area contributed by atoms with Crippen molar-refractivity contribution in [3.05, 3.63) is 77.4 Å². The van der Waals surface area contributed by atoms with Gasteiger partial charge in [0.25, 0.3) is 0 Å². The van der Waals surface area contributed by atoms with Crippen molar-refractivity contribution in [1.82, 2.24) is 0 Å². The molecule has 0 aliphatic heterocycles. The van der Waals surface area contributed by atoms with E-state index >= 15 is 0 Å². The molecule has 0 atom stereocenters. The van der Waals surface area contributed by atoms with Crippen LogP contribution in [-0.4, -0.2) is 13.1 Å². The highest BCUT2D eigenvalue weighted by Gasteiger charge is 1.96. The van der Waals surface area contributed by atoms with Gasteiger partial charge in [0, 0.05) is 6.08 Å². The summed E-state index contributed by atoms with van der Waals surface area (Å²) in [6.07, 6.45) is 4.09. The molecule has 2 nitrogen and oxygen atoms in total. The van der Waals surface area contributed by atoms with Crippen LogP contribution in [0, 0.1) is 0 Å². The Kier molecular flexibility index (Phi) is 4.51. The zero-order valence-corrected chi connectivity index (χ0v) is 10.9. The van der Waals surface area contributed by atoms with Crippen LogP contribution in [0.25, 0.3) is 6.08 Å². The predicted octanol–water partition coefficient (Wildman–Crippen LogP) is 3.46. The largest absolute Gasteiger partial charge is 0.466 e. The van der Waals surface area contributed by atoms with Gasteiger partial charge in [0.05, 0.1) is 7.11 Å². The molecule has 0 aliphatic rings. The molecule has 0 heterocycles. The number of carbonyl (C=O) groups excluding carboxylic acids is 1. The van der Waals surface area contributed by atoms with Crippen molar-refractivity contribution in [1.29, 1.82) is 0 Å². The Morgan fingerprint density at radius 2 is 1.63 bits per heavy atom. The summed E-state index contributed by atoms with van der Waals surface area (Å²) in [6, 6.07) is 18.5. The van der Waals surface area contributed by atoms with Gasteiger partial charge < -0.3 is 4.74 Å². The summed E-state index contributed by atoms with van der Waals surface area (Å²) >= 11 is 0. The van der Waals surface area contributed by atoms with E-state index in [1.54, 1.807) is 6.08 Å². The lowest BCUT2D eigenvalue weighted by molar-refractivity contribution is -0.134. The lowest BCUT2D eigenvalue weighted by Gasteiger charge is -2.02. The molecule has 0 N–H and O–H groups in total. The van der Waals surface area contributed by atoms with Crippen LogP contribution in [0.1, 0.15) is 16.7 Å². The van der Waals surface area contributed by atoms with E-state index in [0.717, 1.165) is 12.0 Å². The fourth-order valence-electron chi connectivity index (χ4n) is 1.81. The van der Waals surface area contributed by atoms with E-state index in [4.69, 9.17) is 0 Å². The van der Waals surface area contributed by atoms with Gasteiger partial charge in [-0.3, -0.25) is 0 Å². The highest BCUT2D eigenvalue weighted by molar-refractivity contribution is 5.86. The summed E-state index contributed by atoms with van der Waals surface area (Å²) < 4.78 is 4.55. The fraction of sp³-hybridized carbons (Fsp3) is 0.118. The molecular formula is C17H16O2. The molecule has 2 aromatic carbocycles. The molecule has 2 rings (SSSR count). The normalized spacial score (nSPS) is 10.6. The Labute approximate surface area is 113 Å². The first kappa shape index (κ1) is 13.1. The van der Waals surface area contributed by atoms with E-state index in [2.05, 4.69) is 29.0 Å². The highest BCUT2D eigenvalue weighted by Crippen LogP contribution is 2.11. The van der Waals surface area contributed by atoms with Crippen LogP contribution in [0.4, 0.5) is 0 Å². The molecule has 0 amide bonds. The maximum atomic E-state index is 11.0. The Hall–Kier alpha value is -2.35. The Morgan fingerprint density at radius 3 is 2.26 bits per heavy atom. The molecule has 0 spiro atoms. The van der Waals surface area contributed by atoms with Crippen LogP contribution in [0.5, 0.6) is 0 Å². The molecule has 0 bridgehead atoms. The third-order valence-corrected chi connectivity index (χ3v) is 2.84. The van der Waals surface area contributed by atoms with Crippen LogP contribution in [0.2, 0.25) is 0 Å². The van der Waals surface area contributed by atoms with Crippen molar-refractivity contribution in [2.24, 2.45) is 0 Å². The molecule has 0 unspecified atom stereocenters. The second-order valence-electron chi connectivity index (χ2n) is 4.26. The van der Waals surface area contributed by atoms with E-state index < -0.39 is 0 Å². The smallest absolute Gasteiger partial charge is 0.330 e. The van der Waals surface area contributed by atoms with Gasteiger partial charge in [-0.25, -0.2) is 4.79 Å². The van der Waals surface area contributed by atoms with E-state index in [9.17, 15) is 4.79 Å². The van der Waals surface area contributed by atoms with Crippen molar-refractivity contribution in [2.75, 3.05) is 7.11 Å². The Bertz CT molecular complexity index is 554. The number of carbonyl (C=O) groups is 1. The number of hydrogen-bond donors (Lipinski definition) is 0. The number of rotatable bonds is 4. The maximum absolute atomic E-state index is 11.0. The van der Waals surface area contributed by atoms with Crippen molar-refractivity contribution in [3.8, 4) is 0 Å². The molecule has 0 saturated heterocycles. The quantitative estimate of drug-likeness (QED) is 0.615. The molecule has 2 aromatic rings. The zero-order chi connectivity index (χ0) is 13.5. The topological polar surface area (TPSA) is 26.3 Å². The maximum Gasteiger partial charge on any atom is 0.330 e. The highest BCUT2D eigenvalue weighted by atomic mass is 16.5. The van der Waals surface area contributed by atoms with Crippen LogP contribution >= 0.6 is 0 Å². The minimum absolute atomic E-state index is 0.339. The standard InChI is InChI=1S/C17H16O2/c1-19-17(18)12-11-14-7-9-16(10-8-14)13-15-5-3-2-4-6-15/h2-12H,13H2,1H3/b12-11+. The van der Waals surface area contributed by atoms with E-state index in [1.807, 2.05) is 30.3 Å². The third kappa shape index (κ3) is 4.11. The molecule has 0 radical (unpaired) electrons. The van der Waals surface area contributed by atoms with Gasteiger partial charge >= 0.3 is 5.97 Å². The van der Waals surface area contributed by atoms with Crippen molar-refractivity contribution in [2.45, 2.75) is 6.42 Å². The number of hydrogen-bond acceptors (Lipinski definition) is 2. The second-order valence-corrected chi connectivity index (χ2v) is 4.26. The summed E-state index contributed by atoms with van der Waals surface area (Å²) in [5, 5.41) is 0. The number of esters is 1. The lowest BCUT2D eigenvalue weighted by Crippen LogP contribution is -1.93. The Balaban J connectivity index is 2.03. The van der Waals surface area contributed by atoms with E-state index in [-0.39, 0.29) is 5.97 Å².